The van der Waals surface area contributed by atoms with Gasteiger partial charge in [-0.3, -0.25) is 4.79 Å². The summed E-state index contributed by atoms with van der Waals surface area (Å²) in [6.07, 6.45) is 0. The molecule has 0 saturated carbocycles. The van der Waals surface area contributed by atoms with Crippen LogP contribution in [-0.4, -0.2) is 44.1 Å². The Kier molecular flexibility index (Phi) is 6.81. The molecule has 5 heteroatoms. The lowest BCUT2D eigenvalue weighted by Gasteiger charge is -2.37. The van der Waals surface area contributed by atoms with Crippen molar-refractivity contribution in [2.75, 3.05) is 38.2 Å². The number of nitrogens with zero attached hydrogens (tertiary/aromatic N) is 2. The van der Waals surface area contributed by atoms with Crippen LogP contribution in [0.25, 0.3) is 10.8 Å². The van der Waals surface area contributed by atoms with Crippen molar-refractivity contribution in [3.05, 3.63) is 101 Å². The number of rotatable bonds is 6. The lowest BCUT2D eigenvalue weighted by atomic mass is 10.1. The number of carbonyl (C=O) groups excluding carboxylic acids is 1. The van der Waals surface area contributed by atoms with E-state index in [1.807, 2.05) is 47.4 Å². The molecular formula is C31H32N2O3. The summed E-state index contributed by atoms with van der Waals surface area (Å²) in [5.41, 5.74) is 5.38. The van der Waals surface area contributed by atoms with Gasteiger partial charge in [-0.2, -0.15) is 0 Å². The molecule has 0 aliphatic carbocycles. The summed E-state index contributed by atoms with van der Waals surface area (Å²) in [5.74, 6) is 1.57. The summed E-state index contributed by atoms with van der Waals surface area (Å²) in [6.45, 7) is 7.66. The van der Waals surface area contributed by atoms with E-state index in [4.69, 9.17) is 9.47 Å². The van der Waals surface area contributed by atoms with Crippen molar-refractivity contribution in [1.82, 2.24) is 4.90 Å². The van der Waals surface area contributed by atoms with E-state index in [1.54, 1.807) is 7.11 Å². The van der Waals surface area contributed by atoms with E-state index in [2.05, 4.69) is 55.1 Å². The minimum Gasteiger partial charge on any atom is -0.496 e. The number of hydrogen-bond acceptors (Lipinski definition) is 4. The highest BCUT2D eigenvalue weighted by molar-refractivity contribution is 5.95. The lowest BCUT2D eigenvalue weighted by Crippen LogP contribution is -2.49. The predicted molar refractivity (Wildman–Crippen MR) is 145 cm³/mol. The first-order chi connectivity index (χ1) is 17.5. The Hall–Kier alpha value is -3.99. The number of benzene rings is 4. The maximum atomic E-state index is 13.4. The molecule has 0 atom stereocenters. The normalized spacial score (nSPS) is 13.6. The quantitative estimate of drug-likeness (QED) is 0.339. The molecule has 1 aliphatic heterocycles. The Labute approximate surface area is 212 Å². The third-order valence-corrected chi connectivity index (χ3v) is 7.14. The third-order valence-electron chi connectivity index (χ3n) is 7.14. The first-order valence-corrected chi connectivity index (χ1v) is 12.4. The number of fused-ring (bicyclic) bond motifs is 1. The summed E-state index contributed by atoms with van der Waals surface area (Å²) < 4.78 is 11.8. The summed E-state index contributed by atoms with van der Waals surface area (Å²) in [5, 5.41) is 2.19. The summed E-state index contributed by atoms with van der Waals surface area (Å²) in [7, 11) is 1.64. The minimum absolute atomic E-state index is 0.0460. The number of piperazine rings is 1. The van der Waals surface area contributed by atoms with Crippen LogP contribution in [-0.2, 0) is 6.61 Å². The highest BCUT2D eigenvalue weighted by Crippen LogP contribution is 2.29. The molecule has 0 aromatic heterocycles. The van der Waals surface area contributed by atoms with Gasteiger partial charge < -0.3 is 19.3 Å². The molecule has 0 spiro atoms. The van der Waals surface area contributed by atoms with Gasteiger partial charge in [0.15, 0.2) is 0 Å². The van der Waals surface area contributed by atoms with Gasteiger partial charge in [0.05, 0.1) is 7.11 Å². The van der Waals surface area contributed by atoms with Crippen molar-refractivity contribution in [1.29, 1.82) is 0 Å². The molecule has 0 unspecified atom stereocenters. The topological polar surface area (TPSA) is 42.0 Å². The van der Waals surface area contributed by atoms with Crippen molar-refractivity contribution < 1.29 is 14.3 Å². The zero-order valence-electron chi connectivity index (χ0n) is 21.2. The van der Waals surface area contributed by atoms with Crippen LogP contribution in [0.4, 0.5) is 5.69 Å². The van der Waals surface area contributed by atoms with Gasteiger partial charge in [-0.05, 0) is 60.7 Å². The van der Waals surface area contributed by atoms with Gasteiger partial charge in [0.25, 0.3) is 5.91 Å². The molecule has 1 saturated heterocycles. The van der Waals surface area contributed by atoms with E-state index < -0.39 is 0 Å². The third kappa shape index (κ3) is 4.74. The predicted octanol–water partition coefficient (Wildman–Crippen LogP) is 6.01. The van der Waals surface area contributed by atoms with Crippen LogP contribution >= 0.6 is 0 Å². The van der Waals surface area contributed by atoms with Gasteiger partial charge >= 0.3 is 0 Å². The van der Waals surface area contributed by atoms with E-state index in [0.717, 1.165) is 35.2 Å². The Morgan fingerprint density at radius 2 is 1.58 bits per heavy atom. The number of aryl methyl sites for hydroxylation is 1. The van der Waals surface area contributed by atoms with Crippen LogP contribution in [0.5, 0.6) is 11.5 Å². The van der Waals surface area contributed by atoms with Crippen LogP contribution < -0.4 is 14.4 Å². The second kappa shape index (κ2) is 10.3. The largest absolute Gasteiger partial charge is 0.496 e. The smallest absolute Gasteiger partial charge is 0.253 e. The molecule has 4 aromatic rings. The van der Waals surface area contributed by atoms with E-state index in [9.17, 15) is 4.79 Å². The van der Waals surface area contributed by atoms with Gasteiger partial charge in [0, 0.05) is 48.4 Å². The van der Waals surface area contributed by atoms with Gasteiger partial charge in [0.2, 0.25) is 0 Å². The molecule has 36 heavy (non-hydrogen) atoms. The van der Waals surface area contributed by atoms with Gasteiger partial charge in [-0.1, -0.05) is 48.5 Å². The fourth-order valence-corrected chi connectivity index (χ4v) is 4.91. The van der Waals surface area contributed by atoms with Crippen molar-refractivity contribution >= 4 is 22.4 Å². The van der Waals surface area contributed by atoms with Crippen molar-refractivity contribution in [2.45, 2.75) is 20.5 Å². The number of methoxy groups -OCH3 is 1. The Balaban J connectivity index is 1.29. The zero-order valence-corrected chi connectivity index (χ0v) is 21.2. The van der Waals surface area contributed by atoms with Crippen molar-refractivity contribution in [3.63, 3.8) is 0 Å². The molecule has 5 nitrogen and oxygen atoms in total. The molecule has 1 amide bonds. The maximum absolute atomic E-state index is 13.4. The number of amides is 1. The van der Waals surface area contributed by atoms with Crippen LogP contribution in [0.3, 0.4) is 0 Å². The van der Waals surface area contributed by atoms with Crippen LogP contribution in [0.1, 0.15) is 27.0 Å². The second-order valence-corrected chi connectivity index (χ2v) is 9.29. The molecular weight excluding hydrogens is 448 g/mol. The standard InChI is InChI=1S/C31H32N2O3/c1-22-8-6-12-28(23(22)2)32-16-18-33(19-17-32)31(34)25-14-15-29(35-3)26(20-25)21-36-30-13-7-10-24-9-4-5-11-27(24)30/h4-15,20H,16-19,21H2,1-3H3. The highest BCUT2D eigenvalue weighted by atomic mass is 16.5. The van der Waals surface area contributed by atoms with Gasteiger partial charge in [-0.15, -0.1) is 0 Å². The molecule has 1 aliphatic rings. The number of ether oxygens (including phenoxy) is 2. The molecule has 4 aromatic carbocycles. The SMILES string of the molecule is COc1ccc(C(=O)N2CCN(c3cccc(C)c3C)CC2)cc1COc1cccc2ccccc12. The molecule has 0 N–H and O–H groups in total. The fourth-order valence-electron chi connectivity index (χ4n) is 4.91. The number of hydrogen-bond donors (Lipinski definition) is 0. The van der Waals surface area contributed by atoms with Crippen LogP contribution in [0.2, 0.25) is 0 Å². The minimum atomic E-state index is 0.0460. The number of anilines is 1. The van der Waals surface area contributed by atoms with Crippen LogP contribution in [0, 0.1) is 13.8 Å². The lowest BCUT2D eigenvalue weighted by molar-refractivity contribution is 0.0746. The van der Waals surface area contributed by atoms with E-state index in [1.165, 1.54) is 16.8 Å². The van der Waals surface area contributed by atoms with E-state index in [0.29, 0.717) is 31.0 Å². The fraction of sp³-hybridized carbons (Fsp3) is 0.258. The molecule has 1 heterocycles. The molecule has 0 radical (unpaired) electrons. The average Bonchev–Trinajstić information content (AvgIpc) is 2.93. The van der Waals surface area contributed by atoms with E-state index in [-0.39, 0.29) is 5.91 Å². The zero-order chi connectivity index (χ0) is 25.1. The summed E-state index contributed by atoms with van der Waals surface area (Å²) >= 11 is 0. The van der Waals surface area contributed by atoms with Gasteiger partial charge in [-0.25, -0.2) is 0 Å². The first-order valence-electron chi connectivity index (χ1n) is 12.4. The number of carbonyl (C=O) groups is 1. The maximum Gasteiger partial charge on any atom is 0.253 e. The second-order valence-electron chi connectivity index (χ2n) is 9.29. The molecule has 0 bridgehead atoms. The molecule has 5 rings (SSSR count). The molecule has 184 valence electrons. The van der Waals surface area contributed by atoms with Crippen molar-refractivity contribution in [3.8, 4) is 11.5 Å². The average molecular weight is 481 g/mol. The van der Waals surface area contributed by atoms with Gasteiger partial charge in [0.1, 0.15) is 18.1 Å². The Morgan fingerprint density at radius 3 is 2.39 bits per heavy atom. The Morgan fingerprint density at radius 1 is 0.833 bits per heavy atom. The van der Waals surface area contributed by atoms with Crippen LogP contribution in [0.15, 0.2) is 78.9 Å². The molecule has 1 fully saturated rings. The summed E-state index contributed by atoms with van der Waals surface area (Å²) in [6, 6.07) is 26.2. The monoisotopic (exact) mass is 480 g/mol. The highest BCUT2D eigenvalue weighted by Gasteiger charge is 2.24. The Bertz CT molecular complexity index is 1380. The first kappa shape index (κ1) is 23.7. The summed E-state index contributed by atoms with van der Waals surface area (Å²) in [4.78, 5) is 17.7. The van der Waals surface area contributed by atoms with Crippen molar-refractivity contribution in [2.24, 2.45) is 0 Å². The van der Waals surface area contributed by atoms with E-state index >= 15 is 0 Å².